The van der Waals surface area contributed by atoms with Crippen LogP contribution in [0.2, 0.25) is 0 Å². The predicted molar refractivity (Wildman–Crippen MR) is 162 cm³/mol. The van der Waals surface area contributed by atoms with E-state index in [1.54, 1.807) is 5.56 Å². The smallest absolute Gasteiger partial charge is 0.399 e. The van der Waals surface area contributed by atoms with Crippen molar-refractivity contribution in [2.75, 3.05) is 0 Å². The predicted octanol–water partition coefficient (Wildman–Crippen LogP) is 8.39. The number of hydrogen-bond acceptors (Lipinski definition) is 2. The van der Waals surface area contributed by atoms with Crippen LogP contribution in [0.1, 0.15) is 71.8 Å². The lowest BCUT2D eigenvalue weighted by Crippen LogP contribution is -2.47. The Morgan fingerprint density at radius 2 is 1.21 bits per heavy atom. The molecular formula is C36H38BO2+. The first-order chi connectivity index (χ1) is 18.7. The second kappa shape index (κ2) is 8.15. The average Bonchev–Trinajstić information content (AvgIpc) is 3.12. The number of fused-ring (bicyclic) bond motifs is 2. The van der Waals surface area contributed by atoms with Crippen LogP contribution in [0.3, 0.4) is 0 Å². The van der Waals surface area contributed by atoms with Crippen LogP contribution >= 0.6 is 0 Å². The molecule has 1 unspecified atom stereocenters. The standard InChI is InChI=1S/C36H38BO2/c1-34(2)35(3,4)39-37(38-34)33-30-11-7-5-9-28(30)32(29-10-6-8-12-31(29)33)26-13-15-27(16-14-26)36-20-23-17-24(21-36)19-25(18-23)22-36/h5-16,23-24H,17-22H2,1-4H3/q+1/t23-,24+,36?. The molecule has 39 heavy (non-hydrogen) atoms. The minimum atomic E-state index is -0.408. The monoisotopic (exact) mass is 513 g/mol. The van der Waals surface area contributed by atoms with E-state index in [1.807, 2.05) is 5.92 Å². The summed E-state index contributed by atoms with van der Waals surface area (Å²) in [7, 11) is -0.408. The molecule has 0 N–H and O–H groups in total. The number of hydrogen-bond donors (Lipinski definition) is 0. The van der Waals surface area contributed by atoms with Crippen molar-refractivity contribution in [1.29, 1.82) is 0 Å². The van der Waals surface area contributed by atoms with Gasteiger partial charge in [-0.2, -0.15) is 0 Å². The molecular weight excluding hydrogens is 475 g/mol. The van der Waals surface area contributed by atoms with Crippen LogP contribution in [0.5, 0.6) is 0 Å². The molecule has 3 heteroatoms. The van der Waals surface area contributed by atoms with Gasteiger partial charge < -0.3 is 9.31 Å². The van der Waals surface area contributed by atoms with Gasteiger partial charge in [0.15, 0.2) is 0 Å². The van der Waals surface area contributed by atoms with Gasteiger partial charge in [-0.25, -0.2) is 0 Å². The molecule has 0 radical (unpaired) electrons. The van der Waals surface area contributed by atoms with Gasteiger partial charge in [-0.1, -0.05) is 72.8 Å². The zero-order valence-corrected chi connectivity index (χ0v) is 23.7. The van der Waals surface area contributed by atoms with Gasteiger partial charge in [0, 0.05) is 17.3 Å². The lowest BCUT2D eigenvalue weighted by Gasteiger charge is -2.51. The summed E-state index contributed by atoms with van der Waals surface area (Å²) in [5.74, 6) is 3.71. The number of benzene rings is 4. The Balaban J connectivity index is 1.28. The molecule has 4 bridgehead atoms. The highest BCUT2D eigenvalue weighted by Gasteiger charge is 2.57. The van der Waals surface area contributed by atoms with E-state index in [4.69, 9.17) is 9.31 Å². The first kappa shape index (κ1) is 24.1. The maximum atomic E-state index is 6.62. The number of rotatable bonds is 3. The summed E-state index contributed by atoms with van der Waals surface area (Å²) >= 11 is 0. The van der Waals surface area contributed by atoms with E-state index >= 15 is 0 Å². The van der Waals surface area contributed by atoms with Crippen molar-refractivity contribution in [3.05, 3.63) is 84.3 Å². The maximum absolute atomic E-state index is 6.62. The second-order valence-electron chi connectivity index (χ2n) is 14.0. The highest BCUT2D eigenvalue weighted by molar-refractivity contribution is 6.68. The molecule has 4 saturated carbocycles. The quantitative estimate of drug-likeness (QED) is 0.156. The molecule has 0 aromatic heterocycles. The van der Waals surface area contributed by atoms with Gasteiger partial charge >= 0.3 is 7.12 Å². The van der Waals surface area contributed by atoms with E-state index in [0.29, 0.717) is 5.41 Å². The fourth-order valence-corrected chi connectivity index (χ4v) is 8.82. The summed E-state index contributed by atoms with van der Waals surface area (Å²) in [6.07, 6.45) is 8.39. The molecule has 5 fully saturated rings. The van der Waals surface area contributed by atoms with Gasteiger partial charge in [0.05, 0.1) is 36.4 Å². The van der Waals surface area contributed by atoms with Crippen LogP contribution in [0.25, 0.3) is 32.7 Å². The van der Waals surface area contributed by atoms with Crippen LogP contribution in [-0.4, -0.2) is 18.3 Å². The van der Waals surface area contributed by atoms with Crippen molar-refractivity contribution in [3.8, 4) is 11.1 Å². The summed E-state index contributed by atoms with van der Waals surface area (Å²) < 4.78 is 13.2. The zero-order chi connectivity index (χ0) is 26.6. The molecule has 9 rings (SSSR count). The van der Waals surface area contributed by atoms with Gasteiger partial charge in [0.2, 0.25) is 0 Å². The Labute approximate surface area is 233 Å². The largest absolute Gasteiger partial charge is 0.496 e. The minimum Gasteiger partial charge on any atom is -0.399 e. The normalized spacial score (nSPS) is 28.6. The third-order valence-corrected chi connectivity index (χ3v) is 11.0. The van der Waals surface area contributed by atoms with Crippen molar-refractivity contribution in [3.63, 3.8) is 0 Å². The second-order valence-corrected chi connectivity index (χ2v) is 14.0. The third kappa shape index (κ3) is 3.52. The molecule has 1 saturated heterocycles. The molecule has 0 spiro atoms. The average molecular weight is 514 g/mol. The topological polar surface area (TPSA) is 18.5 Å². The van der Waals surface area contributed by atoms with Crippen molar-refractivity contribution >= 4 is 34.1 Å². The highest BCUT2D eigenvalue weighted by Crippen LogP contribution is 2.61. The van der Waals surface area contributed by atoms with Gasteiger partial charge in [0.1, 0.15) is 0 Å². The van der Waals surface area contributed by atoms with Crippen LogP contribution < -0.4 is 5.46 Å². The van der Waals surface area contributed by atoms with Crippen molar-refractivity contribution in [2.24, 2.45) is 11.8 Å². The minimum absolute atomic E-state index is 0.385. The fourth-order valence-electron chi connectivity index (χ4n) is 8.82. The van der Waals surface area contributed by atoms with Gasteiger partial charge in [-0.15, -0.1) is 0 Å². The third-order valence-electron chi connectivity index (χ3n) is 11.0. The summed E-state index contributed by atoms with van der Waals surface area (Å²) in [5.41, 5.74) is 4.94. The van der Waals surface area contributed by atoms with Gasteiger partial charge in [0.25, 0.3) is 0 Å². The molecule has 3 atom stereocenters. The molecule has 4 aliphatic carbocycles. The van der Waals surface area contributed by atoms with Gasteiger partial charge in [-0.3, -0.25) is 0 Å². The molecule has 5 aliphatic rings. The van der Waals surface area contributed by atoms with Crippen molar-refractivity contribution in [2.45, 2.75) is 82.8 Å². The highest BCUT2D eigenvalue weighted by atomic mass is 16.7. The van der Waals surface area contributed by atoms with Gasteiger partial charge in [-0.05, 0) is 90.7 Å². The Hall–Kier alpha value is -2.75. The molecule has 2 nitrogen and oxygen atoms in total. The first-order valence-corrected chi connectivity index (χ1v) is 15.0. The van der Waals surface area contributed by atoms with E-state index in [9.17, 15) is 0 Å². The lowest BCUT2D eigenvalue weighted by atomic mass is 9.48. The van der Waals surface area contributed by atoms with E-state index in [-0.39, 0.29) is 11.2 Å². The summed E-state index contributed by atoms with van der Waals surface area (Å²) in [5, 5.41) is 4.95. The summed E-state index contributed by atoms with van der Waals surface area (Å²) in [6, 6.07) is 27.4. The SMILES string of the molecule is CC1(C)OB(c2c3ccccc3c(-c3ccc(C45C[C+]6C[C@H](C[C@H](C6)C4)C5)cc3)c3ccccc23)OC1(C)C. The molecule has 4 aromatic carbocycles. The zero-order valence-electron chi connectivity index (χ0n) is 23.7. The maximum Gasteiger partial charge on any atom is 0.496 e. The molecule has 1 heterocycles. The van der Waals surface area contributed by atoms with Crippen molar-refractivity contribution < 1.29 is 9.31 Å². The Morgan fingerprint density at radius 1 is 0.692 bits per heavy atom. The van der Waals surface area contributed by atoms with Crippen LogP contribution in [0.15, 0.2) is 72.8 Å². The summed E-state index contributed by atoms with van der Waals surface area (Å²) in [6.45, 7) is 8.54. The fraction of sp³-hybridized carbons (Fsp3) is 0.417. The van der Waals surface area contributed by atoms with Crippen LogP contribution in [-0.2, 0) is 14.7 Å². The Kier molecular flexibility index (Phi) is 5.03. The van der Waals surface area contributed by atoms with E-state index in [1.165, 1.54) is 71.2 Å². The Bertz CT molecular complexity index is 1490. The lowest BCUT2D eigenvalue weighted by molar-refractivity contribution is 0.00578. The summed E-state index contributed by atoms with van der Waals surface area (Å²) in [4.78, 5) is 0. The molecule has 0 amide bonds. The van der Waals surface area contributed by atoms with E-state index in [2.05, 4.69) is 100 Å². The van der Waals surface area contributed by atoms with Crippen LogP contribution in [0, 0.1) is 17.8 Å². The van der Waals surface area contributed by atoms with Crippen LogP contribution in [0.4, 0.5) is 0 Å². The Morgan fingerprint density at radius 3 is 1.72 bits per heavy atom. The first-order valence-electron chi connectivity index (χ1n) is 15.0. The van der Waals surface area contributed by atoms with Crippen molar-refractivity contribution in [1.82, 2.24) is 0 Å². The van der Waals surface area contributed by atoms with E-state index in [0.717, 1.165) is 17.3 Å². The molecule has 1 aliphatic heterocycles. The van der Waals surface area contributed by atoms with E-state index < -0.39 is 7.12 Å². The molecule has 4 aromatic rings. The molecule has 196 valence electrons.